The van der Waals surface area contributed by atoms with Gasteiger partial charge in [-0.3, -0.25) is 9.59 Å². The highest BCUT2D eigenvalue weighted by molar-refractivity contribution is 6.30. The molecule has 2 amide bonds. The van der Waals surface area contributed by atoms with Crippen LogP contribution in [0.1, 0.15) is 29.8 Å². The van der Waals surface area contributed by atoms with E-state index in [4.69, 9.17) is 16.3 Å². The molecular formula is C22H25ClN2O3. The summed E-state index contributed by atoms with van der Waals surface area (Å²) < 4.78 is 5.73. The lowest BCUT2D eigenvalue weighted by atomic mass is 10.0. The fourth-order valence-electron chi connectivity index (χ4n) is 3.47. The number of hydrogen-bond acceptors (Lipinski definition) is 3. The number of benzene rings is 2. The predicted octanol–water partition coefficient (Wildman–Crippen LogP) is 3.32. The van der Waals surface area contributed by atoms with Crippen LogP contribution in [0.25, 0.3) is 0 Å². The van der Waals surface area contributed by atoms with Gasteiger partial charge in [0.1, 0.15) is 6.04 Å². The monoisotopic (exact) mass is 400 g/mol. The maximum absolute atomic E-state index is 13.2. The molecule has 0 aliphatic carbocycles. The van der Waals surface area contributed by atoms with E-state index < -0.39 is 6.04 Å². The third-order valence-electron chi connectivity index (χ3n) is 4.72. The van der Waals surface area contributed by atoms with Gasteiger partial charge in [0.15, 0.2) is 0 Å². The molecule has 1 aliphatic rings. The van der Waals surface area contributed by atoms with Gasteiger partial charge in [0.05, 0.1) is 12.2 Å². The molecule has 0 bridgehead atoms. The Kier molecular flexibility index (Phi) is 6.70. The summed E-state index contributed by atoms with van der Waals surface area (Å²) in [6.45, 7) is 4.94. The number of carbonyl (C=O) groups is 2. The standard InChI is InChI=1S/C22H25ClN2O3/c1-15-13-25(14-16(2)28-15)22(27)20(12-17-6-4-3-5-7-17)24-21(26)18-8-10-19(23)11-9-18/h3-11,15-16,20H,12-14H2,1-2H3,(H,24,26)/t15-,16+,20-/m0/s1. The third-order valence-corrected chi connectivity index (χ3v) is 4.98. The van der Waals surface area contributed by atoms with Crippen molar-refractivity contribution in [3.63, 3.8) is 0 Å². The molecule has 1 fully saturated rings. The van der Waals surface area contributed by atoms with Crippen LogP contribution in [0.4, 0.5) is 0 Å². The molecule has 5 nitrogen and oxygen atoms in total. The first-order valence-electron chi connectivity index (χ1n) is 9.47. The van der Waals surface area contributed by atoms with Gasteiger partial charge in [0.2, 0.25) is 5.91 Å². The van der Waals surface area contributed by atoms with Crippen LogP contribution >= 0.6 is 11.6 Å². The number of nitrogens with one attached hydrogen (secondary N) is 1. The number of halogens is 1. The highest BCUT2D eigenvalue weighted by Gasteiger charge is 2.31. The van der Waals surface area contributed by atoms with Gasteiger partial charge in [-0.1, -0.05) is 41.9 Å². The smallest absolute Gasteiger partial charge is 0.251 e. The Balaban J connectivity index is 1.79. The summed E-state index contributed by atoms with van der Waals surface area (Å²) in [7, 11) is 0. The highest BCUT2D eigenvalue weighted by atomic mass is 35.5. The number of nitrogens with zero attached hydrogens (tertiary/aromatic N) is 1. The Hall–Kier alpha value is -2.37. The number of carbonyl (C=O) groups excluding carboxylic acids is 2. The van der Waals surface area contributed by atoms with E-state index in [-0.39, 0.29) is 24.0 Å². The second-order valence-corrected chi connectivity index (χ2v) is 7.66. The van der Waals surface area contributed by atoms with Crippen LogP contribution in [0.3, 0.4) is 0 Å². The van der Waals surface area contributed by atoms with Crippen LogP contribution in [-0.2, 0) is 16.0 Å². The zero-order chi connectivity index (χ0) is 20.1. The SMILES string of the molecule is C[C@@H]1CN(C(=O)[C@H](Cc2ccccc2)NC(=O)c2ccc(Cl)cc2)C[C@H](C)O1. The maximum Gasteiger partial charge on any atom is 0.251 e. The summed E-state index contributed by atoms with van der Waals surface area (Å²) in [5.74, 6) is -0.381. The Bertz CT molecular complexity index is 800. The first-order valence-corrected chi connectivity index (χ1v) is 9.85. The van der Waals surface area contributed by atoms with Crippen molar-refractivity contribution in [2.45, 2.75) is 38.5 Å². The van der Waals surface area contributed by atoms with E-state index in [1.165, 1.54) is 0 Å². The molecule has 0 unspecified atom stereocenters. The van der Waals surface area contributed by atoms with Gasteiger partial charge < -0.3 is 15.0 Å². The molecular weight excluding hydrogens is 376 g/mol. The fraction of sp³-hybridized carbons (Fsp3) is 0.364. The van der Waals surface area contributed by atoms with E-state index in [2.05, 4.69) is 5.32 Å². The molecule has 0 spiro atoms. The van der Waals surface area contributed by atoms with Crippen molar-refractivity contribution in [2.75, 3.05) is 13.1 Å². The molecule has 148 valence electrons. The van der Waals surface area contributed by atoms with E-state index >= 15 is 0 Å². The Morgan fingerprint density at radius 1 is 1.07 bits per heavy atom. The van der Waals surface area contributed by atoms with E-state index in [1.807, 2.05) is 44.2 Å². The van der Waals surface area contributed by atoms with Gasteiger partial charge >= 0.3 is 0 Å². The van der Waals surface area contributed by atoms with Crippen molar-refractivity contribution in [2.24, 2.45) is 0 Å². The molecule has 3 rings (SSSR count). The van der Waals surface area contributed by atoms with Gasteiger partial charge in [0.25, 0.3) is 5.91 Å². The molecule has 1 N–H and O–H groups in total. The molecule has 6 heteroatoms. The van der Waals surface area contributed by atoms with Gasteiger partial charge in [-0.15, -0.1) is 0 Å². The minimum Gasteiger partial charge on any atom is -0.372 e. The fourth-order valence-corrected chi connectivity index (χ4v) is 3.60. The van der Waals surface area contributed by atoms with E-state index in [9.17, 15) is 9.59 Å². The molecule has 28 heavy (non-hydrogen) atoms. The van der Waals surface area contributed by atoms with E-state index in [0.29, 0.717) is 30.1 Å². The van der Waals surface area contributed by atoms with E-state index in [1.54, 1.807) is 29.2 Å². The van der Waals surface area contributed by atoms with Crippen molar-refractivity contribution < 1.29 is 14.3 Å². The topological polar surface area (TPSA) is 58.6 Å². The molecule has 2 aromatic rings. The molecule has 1 saturated heterocycles. The van der Waals surface area contributed by atoms with Gasteiger partial charge in [0, 0.05) is 30.1 Å². The molecule has 2 aromatic carbocycles. The number of amides is 2. The minimum absolute atomic E-state index is 0.0305. The zero-order valence-electron chi connectivity index (χ0n) is 16.1. The van der Waals surface area contributed by atoms with Crippen LogP contribution in [0.15, 0.2) is 54.6 Å². The van der Waals surface area contributed by atoms with Crippen LogP contribution < -0.4 is 5.32 Å². The summed E-state index contributed by atoms with van der Waals surface area (Å²) in [5, 5.41) is 3.47. The van der Waals surface area contributed by atoms with Gasteiger partial charge in [-0.25, -0.2) is 0 Å². The second kappa shape index (κ2) is 9.22. The number of rotatable bonds is 5. The third kappa shape index (κ3) is 5.33. The average molecular weight is 401 g/mol. The van der Waals surface area contributed by atoms with Crippen LogP contribution in [0.2, 0.25) is 5.02 Å². The predicted molar refractivity (Wildman–Crippen MR) is 109 cm³/mol. The second-order valence-electron chi connectivity index (χ2n) is 7.22. The molecule has 1 heterocycles. The largest absolute Gasteiger partial charge is 0.372 e. The lowest BCUT2D eigenvalue weighted by Gasteiger charge is -2.37. The Morgan fingerprint density at radius 2 is 1.68 bits per heavy atom. The maximum atomic E-state index is 13.2. The quantitative estimate of drug-likeness (QED) is 0.837. The molecule has 3 atom stereocenters. The Morgan fingerprint density at radius 3 is 2.29 bits per heavy atom. The summed E-state index contributed by atoms with van der Waals surface area (Å²) >= 11 is 5.90. The van der Waals surface area contributed by atoms with Crippen molar-refractivity contribution >= 4 is 23.4 Å². The first kappa shape index (κ1) is 20.4. The van der Waals surface area contributed by atoms with Crippen molar-refractivity contribution in [1.82, 2.24) is 10.2 Å². The van der Waals surface area contributed by atoms with Crippen LogP contribution in [0, 0.1) is 0 Å². The van der Waals surface area contributed by atoms with Crippen molar-refractivity contribution in [3.05, 3.63) is 70.7 Å². The summed E-state index contributed by atoms with van der Waals surface area (Å²) in [6, 6.07) is 15.7. The lowest BCUT2D eigenvalue weighted by Crippen LogP contribution is -2.55. The average Bonchev–Trinajstić information content (AvgIpc) is 2.67. The molecule has 0 aromatic heterocycles. The number of ether oxygens (including phenoxy) is 1. The summed E-state index contributed by atoms with van der Waals surface area (Å²) in [5.41, 5.74) is 1.46. The summed E-state index contributed by atoms with van der Waals surface area (Å²) in [4.78, 5) is 27.8. The summed E-state index contributed by atoms with van der Waals surface area (Å²) in [6.07, 6.45) is 0.369. The first-order chi connectivity index (χ1) is 13.4. The minimum atomic E-state index is -0.650. The Labute approximate surface area is 170 Å². The number of morpholine rings is 1. The zero-order valence-corrected chi connectivity index (χ0v) is 16.9. The highest BCUT2D eigenvalue weighted by Crippen LogP contribution is 2.15. The van der Waals surface area contributed by atoms with Crippen LogP contribution in [0.5, 0.6) is 0 Å². The van der Waals surface area contributed by atoms with Crippen molar-refractivity contribution in [3.8, 4) is 0 Å². The van der Waals surface area contributed by atoms with Crippen molar-refractivity contribution in [1.29, 1.82) is 0 Å². The van der Waals surface area contributed by atoms with Gasteiger partial charge in [-0.2, -0.15) is 0 Å². The lowest BCUT2D eigenvalue weighted by molar-refractivity contribution is -0.145. The van der Waals surface area contributed by atoms with Crippen LogP contribution in [-0.4, -0.2) is 48.1 Å². The van der Waals surface area contributed by atoms with Gasteiger partial charge in [-0.05, 0) is 43.7 Å². The van der Waals surface area contributed by atoms with E-state index in [0.717, 1.165) is 5.56 Å². The molecule has 1 aliphatic heterocycles. The molecule has 0 saturated carbocycles. The number of hydrogen-bond donors (Lipinski definition) is 1. The molecule has 0 radical (unpaired) electrons. The normalized spacial score (nSPS) is 20.5.